The molecule has 0 bridgehead atoms. The van der Waals surface area contributed by atoms with Crippen LogP contribution in [0.25, 0.3) is 10.1 Å². The molecule has 3 nitrogen and oxygen atoms in total. The monoisotopic (exact) mass is 284 g/mol. The first-order valence-corrected chi connectivity index (χ1v) is 7.68. The third-order valence-electron chi connectivity index (χ3n) is 4.14. The number of hydrogen-bond acceptors (Lipinski definition) is 3. The van der Waals surface area contributed by atoms with E-state index in [-0.39, 0.29) is 11.3 Å². The summed E-state index contributed by atoms with van der Waals surface area (Å²) < 4.78 is 1.15. The van der Waals surface area contributed by atoms with Gasteiger partial charge >= 0.3 is 0 Å². The van der Waals surface area contributed by atoms with Crippen LogP contribution < -0.4 is 0 Å². The number of hydrogen-bond donors (Lipinski definition) is 0. The molecule has 1 aliphatic heterocycles. The summed E-state index contributed by atoms with van der Waals surface area (Å²) in [4.78, 5) is 14.5. The van der Waals surface area contributed by atoms with Gasteiger partial charge in [0.05, 0.1) is 17.0 Å². The number of thiophene rings is 1. The van der Waals surface area contributed by atoms with E-state index < -0.39 is 0 Å². The highest BCUT2D eigenvalue weighted by atomic mass is 32.1. The second-order valence-electron chi connectivity index (χ2n) is 5.61. The van der Waals surface area contributed by atoms with Gasteiger partial charge in [-0.15, -0.1) is 11.3 Å². The third kappa shape index (κ3) is 2.19. The first-order valence-electron chi connectivity index (χ1n) is 6.80. The SMILES string of the molecule is CC1(C#N)CCN(C(=O)c2csc3ccccc23)CC1. The molecule has 4 heteroatoms. The van der Waals surface area contributed by atoms with Gasteiger partial charge in [0.2, 0.25) is 0 Å². The van der Waals surface area contributed by atoms with E-state index in [4.69, 9.17) is 5.26 Å². The normalized spacial score (nSPS) is 17.9. The van der Waals surface area contributed by atoms with Crippen molar-refractivity contribution in [2.75, 3.05) is 13.1 Å². The quantitative estimate of drug-likeness (QED) is 0.802. The highest BCUT2D eigenvalue weighted by molar-refractivity contribution is 7.17. The fourth-order valence-electron chi connectivity index (χ4n) is 2.63. The van der Waals surface area contributed by atoms with Crippen LogP contribution in [0.2, 0.25) is 0 Å². The van der Waals surface area contributed by atoms with Gasteiger partial charge in [0.25, 0.3) is 5.91 Å². The van der Waals surface area contributed by atoms with Crippen molar-refractivity contribution in [3.63, 3.8) is 0 Å². The Bertz CT molecular complexity index is 690. The molecule has 1 aromatic carbocycles. The smallest absolute Gasteiger partial charge is 0.255 e. The van der Waals surface area contributed by atoms with Gasteiger partial charge in [-0.25, -0.2) is 0 Å². The average molecular weight is 284 g/mol. The molecular formula is C16H16N2OS. The molecule has 3 rings (SSSR count). The lowest BCUT2D eigenvalue weighted by Gasteiger charge is -2.34. The lowest BCUT2D eigenvalue weighted by Crippen LogP contribution is -2.41. The maximum absolute atomic E-state index is 12.6. The van der Waals surface area contributed by atoms with E-state index in [1.54, 1.807) is 11.3 Å². The summed E-state index contributed by atoms with van der Waals surface area (Å²) in [5, 5.41) is 12.1. The molecule has 0 aliphatic carbocycles. The Kier molecular flexibility index (Phi) is 3.23. The van der Waals surface area contributed by atoms with Gasteiger partial charge < -0.3 is 4.90 Å². The molecule has 1 aliphatic rings. The molecule has 1 aromatic heterocycles. The summed E-state index contributed by atoms with van der Waals surface area (Å²) in [5.41, 5.74) is 0.527. The maximum Gasteiger partial charge on any atom is 0.255 e. The average Bonchev–Trinajstić information content (AvgIpc) is 2.91. The highest BCUT2D eigenvalue weighted by Crippen LogP contribution is 2.32. The minimum absolute atomic E-state index is 0.0995. The molecule has 0 unspecified atom stereocenters. The molecule has 0 spiro atoms. The van der Waals surface area contributed by atoms with Crippen molar-refractivity contribution in [1.82, 2.24) is 4.90 Å². The number of likely N-dealkylation sites (tertiary alicyclic amines) is 1. The zero-order valence-corrected chi connectivity index (χ0v) is 12.2. The van der Waals surface area contributed by atoms with Gasteiger partial charge in [-0.3, -0.25) is 4.79 Å². The lowest BCUT2D eigenvalue weighted by atomic mass is 9.82. The Morgan fingerprint density at radius 2 is 2.05 bits per heavy atom. The summed E-state index contributed by atoms with van der Waals surface area (Å²) in [5.74, 6) is 0.0995. The van der Waals surface area contributed by atoms with Gasteiger partial charge in [-0.1, -0.05) is 18.2 Å². The molecule has 2 heterocycles. The largest absolute Gasteiger partial charge is 0.338 e. The Morgan fingerprint density at radius 3 is 2.75 bits per heavy atom. The zero-order valence-electron chi connectivity index (χ0n) is 11.4. The Hall–Kier alpha value is -1.86. The van der Waals surface area contributed by atoms with Gasteiger partial charge in [-0.05, 0) is 25.8 Å². The van der Waals surface area contributed by atoms with E-state index in [1.165, 1.54) is 0 Å². The van der Waals surface area contributed by atoms with Crippen LogP contribution in [0.3, 0.4) is 0 Å². The van der Waals surface area contributed by atoms with Crippen molar-refractivity contribution in [2.45, 2.75) is 19.8 Å². The van der Waals surface area contributed by atoms with Crippen molar-refractivity contribution >= 4 is 27.3 Å². The zero-order chi connectivity index (χ0) is 14.2. The molecule has 1 saturated heterocycles. The predicted octanol–water partition coefficient (Wildman–Crippen LogP) is 3.67. The van der Waals surface area contributed by atoms with Crippen molar-refractivity contribution in [1.29, 1.82) is 5.26 Å². The second kappa shape index (κ2) is 4.92. The topological polar surface area (TPSA) is 44.1 Å². The van der Waals surface area contributed by atoms with Gasteiger partial charge in [-0.2, -0.15) is 5.26 Å². The number of fused-ring (bicyclic) bond motifs is 1. The Balaban J connectivity index is 1.82. The molecule has 20 heavy (non-hydrogen) atoms. The number of carbonyl (C=O) groups is 1. The maximum atomic E-state index is 12.6. The standard InChI is InChI=1S/C16H16N2OS/c1-16(11-17)6-8-18(9-7-16)15(19)13-10-20-14-5-3-2-4-12(13)14/h2-5,10H,6-9H2,1H3. The number of benzene rings is 1. The summed E-state index contributed by atoms with van der Waals surface area (Å²) in [6, 6.07) is 10.4. The van der Waals surface area contributed by atoms with E-state index in [1.807, 2.05) is 41.5 Å². The van der Waals surface area contributed by atoms with Crippen LogP contribution in [0.4, 0.5) is 0 Å². The fraction of sp³-hybridized carbons (Fsp3) is 0.375. The minimum atomic E-state index is -0.270. The highest BCUT2D eigenvalue weighted by Gasteiger charge is 2.32. The van der Waals surface area contributed by atoms with Crippen molar-refractivity contribution in [3.8, 4) is 6.07 Å². The van der Waals surface area contributed by atoms with Crippen molar-refractivity contribution in [2.24, 2.45) is 5.41 Å². The number of nitriles is 1. The van der Waals surface area contributed by atoms with Gasteiger partial charge in [0.15, 0.2) is 0 Å². The minimum Gasteiger partial charge on any atom is -0.338 e. The van der Waals surface area contributed by atoms with E-state index in [9.17, 15) is 4.79 Å². The molecule has 0 radical (unpaired) electrons. The predicted molar refractivity (Wildman–Crippen MR) is 80.7 cm³/mol. The van der Waals surface area contributed by atoms with E-state index in [0.29, 0.717) is 13.1 Å². The van der Waals surface area contributed by atoms with Crippen molar-refractivity contribution < 1.29 is 4.79 Å². The summed E-state index contributed by atoms with van der Waals surface area (Å²) in [6.07, 6.45) is 1.52. The number of rotatable bonds is 1. The number of nitrogens with zero attached hydrogens (tertiary/aromatic N) is 2. The van der Waals surface area contributed by atoms with E-state index in [0.717, 1.165) is 28.5 Å². The van der Waals surface area contributed by atoms with Crippen LogP contribution in [0, 0.1) is 16.7 Å². The van der Waals surface area contributed by atoms with E-state index >= 15 is 0 Å². The Morgan fingerprint density at radius 1 is 1.35 bits per heavy atom. The summed E-state index contributed by atoms with van der Waals surface area (Å²) >= 11 is 1.61. The molecule has 0 saturated carbocycles. The lowest BCUT2D eigenvalue weighted by molar-refractivity contribution is 0.0664. The van der Waals surface area contributed by atoms with Crippen LogP contribution in [0.15, 0.2) is 29.6 Å². The second-order valence-corrected chi connectivity index (χ2v) is 6.52. The molecule has 2 aromatic rings. The molecule has 102 valence electrons. The fourth-order valence-corrected chi connectivity index (χ4v) is 3.56. The molecule has 1 fully saturated rings. The van der Waals surface area contributed by atoms with Crippen LogP contribution in [-0.2, 0) is 0 Å². The number of piperidine rings is 1. The van der Waals surface area contributed by atoms with Crippen LogP contribution >= 0.6 is 11.3 Å². The first-order chi connectivity index (χ1) is 9.63. The molecule has 1 amide bonds. The first kappa shape index (κ1) is 13.1. The van der Waals surface area contributed by atoms with Crippen LogP contribution in [0.5, 0.6) is 0 Å². The summed E-state index contributed by atoms with van der Waals surface area (Å²) in [7, 11) is 0. The third-order valence-corrected chi connectivity index (χ3v) is 5.10. The molecule has 0 atom stereocenters. The van der Waals surface area contributed by atoms with E-state index in [2.05, 4.69) is 6.07 Å². The molecular weight excluding hydrogens is 268 g/mol. The summed E-state index contributed by atoms with van der Waals surface area (Å²) in [6.45, 7) is 3.33. The Labute approximate surface area is 122 Å². The van der Waals surface area contributed by atoms with Crippen molar-refractivity contribution in [3.05, 3.63) is 35.2 Å². The number of carbonyl (C=O) groups excluding carboxylic acids is 1. The number of amides is 1. The van der Waals surface area contributed by atoms with Gasteiger partial charge in [0, 0.05) is 28.6 Å². The van der Waals surface area contributed by atoms with Gasteiger partial charge in [0.1, 0.15) is 0 Å². The van der Waals surface area contributed by atoms with Crippen LogP contribution in [-0.4, -0.2) is 23.9 Å². The molecule has 0 N–H and O–H groups in total. The van der Waals surface area contributed by atoms with Crippen LogP contribution in [0.1, 0.15) is 30.1 Å².